The Kier molecular flexibility index (Phi) is 1.60. The van der Waals surface area contributed by atoms with Crippen LogP contribution < -0.4 is 0 Å². The molecule has 0 atom stereocenters. The molecule has 15 heavy (non-hydrogen) atoms. The molecule has 0 amide bonds. The number of hydrogen-bond donors (Lipinski definition) is 1. The first-order chi connectivity index (χ1) is 7.11. The van der Waals surface area contributed by atoms with Crippen molar-refractivity contribution in [3.05, 3.63) is 35.4 Å². The van der Waals surface area contributed by atoms with Gasteiger partial charge in [-0.05, 0) is 36.3 Å². The zero-order valence-corrected chi connectivity index (χ0v) is 8.26. The van der Waals surface area contributed by atoms with Crippen LogP contribution in [0.4, 0.5) is 8.78 Å². The smallest absolute Gasteiger partial charge is 0.162 e. The third-order valence-electron chi connectivity index (χ3n) is 4.00. The molecule has 3 saturated carbocycles. The summed E-state index contributed by atoms with van der Waals surface area (Å²) >= 11 is 0. The number of aliphatic hydroxyl groups is 1. The molecule has 0 spiro atoms. The lowest BCUT2D eigenvalue weighted by molar-refractivity contribution is -0.169. The van der Waals surface area contributed by atoms with Gasteiger partial charge in [0.05, 0.1) is 0 Å². The van der Waals surface area contributed by atoms with Crippen molar-refractivity contribution in [3.63, 3.8) is 0 Å². The predicted octanol–water partition coefficient (Wildman–Crippen LogP) is 2.38. The van der Waals surface area contributed by atoms with Gasteiger partial charge in [0.25, 0.3) is 0 Å². The highest BCUT2D eigenvalue weighted by molar-refractivity contribution is 5.39. The second-order valence-corrected chi connectivity index (χ2v) is 5.07. The van der Waals surface area contributed by atoms with Crippen LogP contribution in [0, 0.1) is 17.0 Å². The molecule has 4 rings (SSSR count). The molecule has 2 bridgehead atoms. The largest absolute Gasteiger partial charge is 0.396 e. The minimum absolute atomic E-state index is 0.0265. The van der Waals surface area contributed by atoms with Crippen molar-refractivity contribution in [1.29, 1.82) is 0 Å². The second kappa shape index (κ2) is 2.59. The number of hydrogen-bond acceptors (Lipinski definition) is 1. The Morgan fingerprint density at radius 1 is 1.20 bits per heavy atom. The fourth-order valence-electron chi connectivity index (χ4n) is 3.36. The van der Waals surface area contributed by atoms with Crippen LogP contribution in [-0.4, -0.2) is 11.7 Å². The molecule has 0 heterocycles. The number of aliphatic hydroxyl groups excluding tert-OH is 1. The molecular weight excluding hydrogens is 198 g/mol. The summed E-state index contributed by atoms with van der Waals surface area (Å²) in [5.74, 6) is -1.47. The van der Waals surface area contributed by atoms with Gasteiger partial charge in [-0.1, -0.05) is 12.1 Å². The molecule has 1 aromatic rings. The van der Waals surface area contributed by atoms with Gasteiger partial charge in [-0.3, -0.25) is 0 Å². The standard InChI is InChI=1S/C12H12F2O/c13-9-3-1-2-8(10(9)14)12-4-11(5-12,6-12)7-15/h1-3,15H,4-7H2. The van der Waals surface area contributed by atoms with Crippen LogP contribution in [0.2, 0.25) is 0 Å². The van der Waals surface area contributed by atoms with E-state index in [4.69, 9.17) is 5.11 Å². The molecule has 0 unspecified atom stereocenters. The first-order valence-corrected chi connectivity index (χ1v) is 5.16. The van der Waals surface area contributed by atoms with Crippen LogP contribution in [0.1, 0.15) is 24.8 Å². The normalized spacial score (nSPS) is 37.0. The van der Waals surface area contributed by atoms with Crippen molar-refractivity contribution in [2.75, 3.05) is 6.61 Å². The van der Waals surface area contributed by atoms with Crippen molar-refractivity contribution < 1.29 is 13.9 Å². The summed E-state index contributed by atoms with van der Waals surface area (Å²) in [6, 6.07) is 4.37. The molecule has 0 aliphatic heterocycles. The monoisotopic (exact) mass is 210 g/mol. The highest BCUT2D eigenvalue weighted by Crippen LogP contribution is 2.73. The molecule has 3 aliphatic carbocycles. The zero-order chi connectivity index (χ0) is 10.7. The summed E-state index contributed by atoms with van der Waals surface area (Å²) < 4.78 is 26.6. The molecule has 1 nitrogen and oxygen atoms in total. The highest BCUT2D eigenvalue weighted by atomic mass is 19.2. The Bertz CT molecular complexity index is 408. The van der Waals surface area contributed by atoms with Gasteiger partial charge >= 0.3 is 0 Å². The first kappa shape index (κ1) is 9.28. The molecule has 0 radical (unpaired) electrons. The fourth-order valence-corrected chi connectivity index (χ4v) is 3.36. The minimum atomic E-state index is -0.768. The molecule has 3 heteroatoms. The maximum atomic E-state index is 13.5. The molecule has 3 aliphatic rings. The lowest BCUT2D eigenvalue weighted by atomic mass is 9.34. The van der Waals surface area contributed by atoms with E-state index in [-0.39, 0.29) is 17.4 Å². The van der Waals surface area contributed by atoms with Gasteiger partial charge in [-0.25, -0.2) is 8.78 Å². The van der Waals surface area contributed by atoms with E-state index in [0.29, 0.717) is 5.56 Å². The van der Waals surface area contributed by atoms with Gasteiger partial charge in [-0.15, -0.1) is 0 Å². The van der Waals surface area contributed by atoms with E-state index in [9.17, 15) is 8.78 Å². The van der Waals surface area contributed by atoms with Crippen molar-refractivity contribution in [2.24, 2.45) is 5.41 Å². The van der Waals surface area contributed by atoms with E-state index >= 15 is 0 Å². The Labute approximate surface area is 86.7 Å². The van der Waals surface area contributed by atoms with Crippen LogP contribution >= 0.6 is 0 Å². The van der Waals surface area contributed by atoms with Crippen LogP contribution in [0.5, 0.6) is 0 Å². The Balaban J connectivity index is 1.94. The molecule has 1 aromatic carbocycles. The average molecular weight is 210 g/mol. The third-order valence-corrected chi connectivity index (χ3v) is 4.00. The molecular formula is C12H12F2O. The molecule has 0 saturated heterocycles. The van der Waals surface area contributed by atoms with Crippen LogP contribution in [0.3, 0.4) is 0 Å². The van der Waals surface area contributed by atoms with Crippen molar-refractivity contribution >= 4 is 0 Å². The van der Waals surface area contributed by atoms with E-state index in [0.717, 1.165) is 25.3 Å². The van der Waals surface area contributed by atoms with E-state index < -0.39 is 11.6 Å². The minimum Gasteiger partial charge on any atom is -0.396 e. The van der Waals surface area contributed by atoms with Crippen molar-refractivity contribution in [2.45, 2.75) is 24.7 Å². The first-order valence-electron chi connectivity index (χ1n) is 5.16. The molecule has 0 aromatic heterocycles. The Morgan fingerprint density at radius 2 is 1.87 bits per heavy atom. The second-order valence-electron chi connectivity index (χ2n) is 5.07. The summed E-state index contributed by atoms with van der Waals surface area (Å²) in [6.07, 6.45) is 2.41. The van der Waals surface area contributed by atoms with E-state index in [1.54, 1.807) is 12.1 Å². The molecule has 3 fully saturated rings. The van der Waals surface area contributed by atoms with Gasteiger partial charge in [0.1, 0.15) is 0 Å². The van der Waals surface area contributed by atoms with E-state index in [1.807, 2.05) is 0 Å². The summed E-state index contributed by atoms with van der Waals surface area (Å²) in [5, 5.41) is 9.10. The van der Waals surface area contributed by atoms with Crippen LogP contribution in [0.15, 0.2) is 18.2 Å². The van der Waals surface area contributed by atoms with Gasteiger partial charge in [0.15, 0.2) is 11.6 Å². The predicted molar refractivity (Wildman–Crippen MR) is 51.4 cm³/mol. The number of rotatable bonds is 2. The molecule has 80 valence electrons. The van der Waals surface area contributed by atoms with E-state index in [1.165, 1.54) is 0 Å². The van der Waals surface area contributed by atoms with Gasteiger partial charge in [0.2, 0.25) is 0 Å². The van der Waals surface area contributed by atoms with Crippen LogP contribution in [0.25, 0.3) is 0 Å². The topological polar surface area (TPSA) is 20.2 Å². The summed E-state index contributed by atoms with van der Waals surface area (Å²) in [6.45, 7) is 0.172. The lowest BCUT2D eigenvalue weighted by Crippen LogP contribution is -2.66. The lowest BCUT2D eigenvalue weighted by Gasteiger charge is -2.70. The van der Waals surface area contributed by atoms with E-state index in [2.05, 4.69) is 0 Å². The molecule has 1 N–H and O–H groups in total. The van der Waals surface area contributed by atoms with Gasteiger partial charge in [0, 0.05) is 12.0 Å². The van der Waals surface area contributed by atoms with Gasteiger partial charge in [-0.2, -0.15) is 0 Å². The maximum absolute atomic E-state index is 13.5. The SMILES string of the molecule is OCC12CC(c3cccc(F)c3F)(C1)C2. The van der Waals surface area contributed by atoms with Crippen molar-refractivity contribution in [3.8, 4) is 0 Å². The third kappa shape index (κ3) is 0.991. The number of halogens is 2. The van der Waals surface area contributed by atoms with Crippen LogP contribution in [-0.2, 0) is 5.41 Å². The summed E-state index contributed by atoms with van der Waals surface area (Å²) in [7, 11) is 0. The highest BCUT2D eigenvalue weighted by Gasteiger charge is 2.68. The quantitative estimate of drug-likeness (QED) is 0.794. The fraction of sp³-hybridized carbons (Fsp3) is 0.500. The zero-order valence-electron chi connectivity index (χ0n) is 8.26. The summed E-state index contributed by atoms with van der Waals surface area (Å²) in [4.78, 5) is 0. The van der Waals surface area contributed by atoms with Crippen molar-refractivity contribution in [1.82, 2.24) is 0 Å². The average Bonchev–Trinajstić information content (AvgIpc) is 2.08. The maximum Gasteiger partial charge on any atom is 0.162 e. The Hall–Kier alpha value is -0.960. The van der Waals surface area contributed by atoms with Gasteiger partial charge < -0.3 is 5.11 Å². The number of benzene rings is 1. The summed E-state index contributed by atoms with van der Waals surface area (Å²) in [5.41, 5.74) is 0.353. The Morgan fingerprint density at radius 3 is 2.47 bits per heavy atom.